The van der Waals surface area contributed by atoms with Crippen molar-refractivity contribution in [3.05, 3.63) is 47.5 Å². The van der Waals surface area contributed by atoms with Crippen LogP contribution in [-0.4, -0.2) is 25.2 Å². The average molecular weight is 364 g/mol. The minimum Gasteiger partial charge on any atom is -0.454 e. The lowest BCUT2D eigenvalue weighted by molar-refractivity contribution is -0.122. The van der Waals surface area contributed by atoms with Crippen molar-refractivity contribution in [3.8, 4) is 11.5 Å². The van der Waals surface area contributed by atoms with Gasteiger partial charge in [0.15, 0.2) is 11.5 Å². The largest absolute Gasteiger partial charge is 0.454 e. The van der Waals surface area contributed by atoms with E-state index in [0.717, 1.165) is 24.2 Å². The third kappa shape index (κ3) is 2.91. The van der Waals surface area contributed by atoms with E-state index in [9.17, 15) is 9.59 Å². The fourth-order valence-corrected chi connectivity index (χ4v) is 4.08. The number of hydrogen-bond donors (Lipinski definition) is 1. The van der Waals surface area contributed by atoms with Crippen molar-refractivity contribution >= 4 is 23.2 Å². The second kappa shape index (κ2) is 6.30. The average Bonchev–Trinajstić information content (AvgIpc) is 3.39. The first-order valence-electron chi connectivity index (χ1n) is 9.30. The highest BCUT2D eigenvalue weighted by molar-refractivity contribution is 6.03. The summed E-state index contributed by atoms with van der Waals surface area (Å²) in [5, 5.41) is 2.99. The molecule has 3 aliphatic rings. The quantitative estimate of drug-likeness (QED) is 0.909. The van der Waals surface area contributed by atoms with Gasteiger partial charge in [0.2, 0.25) is 18.6 Å². The number of ether oxygens (including phenoxy) is 2. The number of benzene rings is 2. The molecule has 0 aromatic heterocycles. The number of hydrogen-bond acceptors (Lipinski definition) is 4. The molecule has 1 atom stereocenters. The molecule has 1 unspecified atom stereocenters. The van der Waals surface area contributed by atoms with Gasteiger partial charge < -0.3 is 19.7 Å². The van der Waals surface area contributed by atoms with E-state index in [1.54, 1.807) is 17.0 Å². The van der Waals surface area contributed by atoms with Crippen LogP contribution in [0.25, 0.3) is 0 Å². The van der Waals surface area contributed by atoms with Crippen LogP contribution in [0.15, 0.2) is 36.4 Å². The van der Waals surface area contributed by atoms with Crippen molar-refractivity contribution in [1.29, 1.82) is 0 Å². The Balaban J connectivity index is 1.29. The second-order valence-corrected chi connectivity index (χ2v) is 7.27. The van der Waals surface area contributed by atoms with Gasteiger partial charge in [0.05, 0.1) is 5.92 Å². The summed E-state index contributed by atoms with van der Waals surface area (Å²) in [6.45, 7) is 0.563. The predicted molar refractivity (Wildman–Crippen MR) is 100 cm³/mol. The number of nitrogens with one attached hydrogen (secondary N) is 1. The number of carbonyl (C=O) groups is 2. The first kappa shape index (κ1) is 16.2. The summed E-state index contributed by atoms with van der Waals surface area (Å²) in [7, 11) is 0. The topological polar surface area (TPSA) is 67.9 Å². The van der Waals surface area contributed by atoms with Crippen molar-refractivity contribution in [2.24, 2.45) is 5.92 Å². The Bertz CT molecular complexity index is 940. The van der Waals surface area contributed by atoms with Gasteiger partial charge in [-0.3, -0.25) is 9.59 Å². The predicted octanol–water partition coefficient (Wildman–Crippen LogP) is 2.90. The lowest BCUT2D eigenvalue weighted by Crippen LogP contribution is -2.28. The highest BCUT2D eigenvalue weighted by Gasteiger charge is 2.35. The van der Waals surface area contributed by atoms with Gasteiger partial charge in [-0.25, -0.2) is 0 Å². The summed E-state index contributed by atoms with van der Waals surface area (Å²) in [6, 6.07) is 11.5. The van der Waals surface area contributed by atoms with E-state index in [4.69, 9.17) is 9.47 Å². The molecule has 138 valence electrons. The van der Waals surface area contributed by atoms with E-state index in [2.05, 4.69) is 17.4 Å². The molecule has 0 radical (unpaired) electrons. The van der Waals surface area contributed by atoms with Gasteiger partial charge in [-0.1, -0.05) is 6.07 Å². The molecule has 2 aromatic rings. The van der Waals surface area contributed by atoms with E-state index < -0.39 is 0 Å². The maximum absolute atomic E-state index is 12.7. The van der Waals surface area contributed by atoms with Crippen LogP contribution >= 0.6 is 0 Å². The van der Waals surface area contributed by atoms with E-state index >= 15 is 0 Å². The molecule has 2 aromatic carbocycles. The molecule has 2 heterocycles. The normalized spacial score (nSPS) is 20.1. The summed E-state index contributed by atoms with van der Waals surface area (Å²) in [5.41, 5.74) is 4.24. The molecule has 5 rings (SSSR count). The number of amides is 2. The van der Waals surface area contributed by atoms with Crippen LogP contribution < -0.4 is 19.7 Å². The second-order valence-electron chi connectivity index (χ2n) is 7.27. The van der Waals surface area contributed by atoms with Crippen molar-refractivity contribution in [2.45, 2.75) is 25.7 Å². The minimum atomic E-state index is -0.365. The van der Waals surface area contributed by atoms with Crippen LogP contribution in [0.4, 0.5) is 11.4 Å². The Labute approximate surface area is 157 Å². The highest BCUT2D eigenvalue weighted by atomic mass is 16.7. The van der Waals surface area contributed by atoms with Crippen molar-refractivity contribution in [2.75, 3.05) is 23.6 Å². The lowest BCUT2D eigenvalue weighted by Gasteiger charge is -2.17. The zero-order valence-electron chi connectivity index (χ0n) is 14.9. The Morgan fingerprint density at radius 1 is 1.04 bits per heavy atom. The molecular weight excluding hydrogens is 344 g/mol. The highest BCUT2D eigenvalue weighted by Crippen LogP contribution is 2.37. The van der Waals surface area contributed by atoms with Crippen molar-refractivity contribution in [1.82, 2.24) is 0 Å². The first-order chi connectivity index (χ1) is 13.2. The molecule has 1 saturated heterocycles. The molecule has 6 nitrogen and oxygen atoms in total. The molecular formula is C21H20N2O4. The molecule has 1 N–H and O–H groups in total. The van der Waals surface area contributed by atoms with Gasteiger partial charge in [0.1, 0.15) is 0 Å². The van der Waals surface area contributed by atoms with Crippen LogP contribution in [-0.2, 0) is 22.4 Å². The van der Waals surface area contributed by atoms with Crippen molar-refractivity contribution in [3.63, 3.8) is 0 Å². The number of nitrogens with zero attached hydrogens (tertiary/aromatic N) is 1. The van der Waals surface area contributed by atoms with E-state index in [0.29, 0.717) is 18.0 Å². The van der Waals surface area contributed by atoms with Crippen LogP contribution in [0.5, 0.6) is 11.5 Å². The maximum atomic E-state index is 12.7. The fraction of sp³-hybridized carbons (Fsp3) is 0.333. The minimum absolute atomic E-state index is 0.0528. The SMILES string of the molecule is O=C(Nc1ccc2c(c1)CCC2)C1CC(=O)N(c2ccc3c(c2)OCO3)C1. The van der Waals surface area contributed by atoms with Gasteiger partial charge in [0, 0.05) is 30.4 Å². The van der Waals surface area contributed by atoms with E-state index in [1.807, 2.05) is 12.1 Å². The molecule has 6 heteroatoms. The Hall–Kier alpha value is -3.02. The number of carbonyl (C=O) groups excluding carboxylic acids is 2. The van der Waals surface area contributed by atoms with E-state index in [-0.39, 0.29) is 30.9 Å². The van der Waals surface area contributed by atoms with Crippen LogP contribution in [0, 0.1) is 5.92 Å². The summed E-state index contributed by atoms with van der Waals surface area (Å²) < 4.78 is 10.7. The molecule has 2 aliphatic heterocycles. The number of fused-ring (bicyclic) bond motifs is 2. The third-order valence-electron chi connectivity index (χ3n) is 5.53. The van der Waals surface area contributed by atoms with Crippen molar-refractivity contribution < 1.29 is 19.1 Å². The first-order valence-corrected chi connectivity index (χ1v) is 9.30. The molecule has 1 fully saturated rings. The van der Waals surface area contributed by atoms with Gasteiger partial charge >= 0.3 is 0 Å². The van der Waals surface area contributed by atoms with Gasteiger partial charge in [-0.05, 0) is 54.7 Å². The molecule has 2 amide bonds. The summed E-state index contributed by atoms with van der Waals surface area (Å²) >= 11 is 0. The van der Waals surface area contributed by atoms with Crippen LogP contribution in [0.2, 0.25) is 0 Å². The molecule has 0 saturated carbocycles. The van der Waals surface area contributed by atoms with Gasteiger partial charge in [0.25, 0.3) is 0 Å². The zero-order chi connectivity index (χ0) is 18.4. The van der Waals surface area contributed by atoms with Crippen LogP contribution in [0.1, 0.15) is 24.0 Å². The van der Waals surface area contributed by atoms with Gasteiger partial charge in [-0.2, -0.15) is 0 Å². The fourth-order valence-electron chi connectivity index (χ4n) is 4.08. The standard InChI is InChI=1S/C21H20N2O4/c24-20-9-15(11-23(20)17-6-7-18-19(10-17)27-12-26-18)21(25)22-16-5-4-13-2-1-3-14(13)8-16/h4-8,10,15H,1-3,9,11-12H2,(H,22,25). The number of anilines is 2. The lowest BCUT2D eigenvalue weighted by atomic mass is 10.1. The Morgan fingerprint density at radius 3 is 2.81 bits per heavy atom. The maximum Gasteiger partial charge on any atom is 0.231 e. The summed E-state index contributed by atoms with van der Waals surface area (Å²) in [4.78, 5) is 26.8. The monoisotopic (exact) mass is 364 g/mol. The molecule has 27 heavy (non-hydrogen) atoms. The third-order valence-corrected chi connectivity index (χ3v) is 5.53. The molecule has 0 bridgehead atoms. The summed E-state index contributed by atoms with van der Waals surface area (Å²) in [6.07, 6.45) is 3.57. The van der Waals surface area contributed by atoms with E-state index in [1.165, 1.54) is 17.5 Å². The zero-order valence-corrected chi connectivity index (χ0v) is 14.9. The molecule has 1 aliphatic carbocycles. The smallest absolute Gasteiger partial charge is 0.231 e. The summed E-state index contributed by atoms with van der Waals surface area (Å²) in [5.74, 6) is 0.784. The van der Waals surface area contributed by atoms with Gasteiger partial charge in [-0.15, -0.1) is 0 Å². The number of aryl methyl sites for hydroxylation is 2. The Morgan fingerprint density at radius 2 is 1.89 bits per heavy atom. The molecule has 0 spiro atoms. The Kier molecular flexibility index (Phi) is 3.77. The van der Waals surface area contributed by atoms with Crippen LogP contribution in [0.3, 0.4) is 0 Å². The number of rotatable bonds is 3.